The average molecular weight is 477 g/mol. The highest BCUT2D eigenvalue weighted by Crippen LogP contribution is 2.23. The summed E-state index contributed by atoms with van der Waals surface area (Å²) in [6, 6.07) is 17.8. The molecule has 8 heteroatoms. The number of sulfonamides is 1. The first-order valence-corrected chi connectivity index (χ1v) is 11.0. The fourth-order valence-electron chi connectivity index (χ4n) is 2.74. The van der Waals surface area contributed by atoms with Gasteiger partial charge in [0, 0.05) is 23.8 Å². The minimum absolute atomic E-state index is 0.00252. The van der Waals surface area contributed by atoms with Gasteiger partial charge in [-0.05, 0) is 63.5 Å². The van der Waals surface area contributed by atoms with Gasteiger partial charge in [0.05, 0.1) is 14.2 Å². The second-order valence-corrected chi connectivity index (χ2v) is 9.08. The molecule has 3 rings (SSSR count). The van der Waals surface area contributed by atoms with Crippen LogP contribution >= 0.6 is 15.9 Å². The number of methoxy groups -OCH3 is 2. The highest BCUT2D eigenvalue weighted by atomic mass is 79.9. The molecule has 6 nitrogen and oxygen atoms in total. The first-order chi connectivity index (χ1) is 13.9. The Labute approximate surface area is 179 Å². The molecule has 2 aromatic carbocycles. The zero-order valence-corrected chi connectivity index (χ0v) is 18.5. The molecule has 0 N–H and O–H groups in total. The van der Waals surface area contributed by atoms with Crippen LogP contribution < -0.4 is 9.47 Å². The SMILES string of the molecule is COc1ccc(CN(Cc2ccc(OC)cc2)S(=O)(=O)c2ccc(Br)cn2)cc1. The van der Waals surface area contributed by atoms with E-state index in [1.54, 1.807) is 20.3 Å². The third-order valence-electron chi connectivity index (χ3n) is 4.34. The summed E-state index contributed by atoms with van der Waals surface area (Å²) in [6.45, 7) is 0.409. The van der Waals surface area contributed by atoms with Gasteiger partial charge in [-0.2, -0.15) is 4.31 Å². The van der Waals surface area contributed by atoms with Crippen LogP contribution in [0.3, 0.4) is 0 Å². The maximum absolute atomic E-state index is 13.3. The van der Waals surface area contributed by atoms with Crippen LogP contribution in [0, 0.1) is 0 Å². The molecule has 0 amide bonds. The molecule has 29 heavy (non-hydrogen) atoms. The molecule has 0 aliphatic heterocycles. The van der Waals surface area contributed by atoms with Crippen LogP contribution in [0.1, 0.15) is 11.1 Å². The van der Waals surface area contributed by atoms with Gasteiger partial charge in [-0.15, -0.1) is 0 Å². The number of pyridine rings is 1. The summed E-state index contributed by atoms with van der Waals surface area (Å²) in [5.41, 5.74) is 1.69. The van der Waals surface area contributed by atoms with Gasteiger partial charge in [0.25, 0.3) is 10.0 Å². The number of ether oxygens (including phenoxy) is 2. The Morgan fingerprint density at radius 1 is 0.828 bits per heavy atom. The lowest BCUT2D eigenvalue weighted by Crippen LogP contribution is -2.30. The topological polar surface area (TPSA) is 68.7 Å². The molecule has 0 radical (unpaired) electrons. The number of aromatic nitrogens is 1. The second-order valence-electron chi connectivity index (χ2n) is 6.28. The van der Waals surface area contributed by atoms with Crippen LogP contribution in [0.2, 0.25) is 0 Å². The lowest BCUT2D eigenvalue weighted by Gasteiger charge is -2.22. The van der Waals surface area contributed by atoms with Crippen molar-refractivity contribution in [2.75, 3.05) is 14.2 Å². The summed E-state index contributed by atoms with van der Waals surface area (Å²) in [7, 11) is -0.623. The van der Waals surface area contributed by atoms with Crippen LogP contribution in [-0.4, -0.2) is 31.9 Å². The van der Waals surface area contributed by atoms with E-state index in [1.807, 2.05) is 48.5 Å². The molecule has 0 atom stereocenters. The minimum atomic E-state index is -3.81. The Morgan fingerprint density at radius 3 is 1.69 bits per heavy atom. The molecule has 0 aliphatic rings. The second kappa shape index (κ2) is 9.39. The molecule has 3 aromatic rings. The highest BCUT2D eigenvalue weighted by molar-refractivity contribution is 9.10. The van der Waals surface area contributed by atoms with Crippen LogP contribution in [-0.2, 0) is 23.1 Å². The number of nitrogens with zero attached hydrogens (tertiary/aromatic N) is 2. The van der Waals surface area contributed by atoms with Gasteiger partial charge in [0.15, 0.2) is 5.03 Å². The Kier molecular flexibility index (Phi) is 6.89. The van der Waals surface area contributed by atoms with Crippen molar-refractivity contribution < 1.29 is 17.9 Å². The van der Waals surface area contributed by atoms with Crippen LogP contribution in [0.5, 0.6) is 11.5 Å². The van der Waals surface area contributed by atoms with E-state index < -0.39 is 10.0 Å². The van der Waals surface area contributed by atoms with Crippen LogP contribution in [0.4, 0.5) is 0 Å². The van der Waals surface area contributed by atoms with E-state index in [-0.39, 0.29) is 18.1 Å². The first-order valence-electron chi connectivity index (χ1n) is 8.80. The van der Waals surface area contributed by atoms with E-state index in [0.717, 1.165) is 11.1 Å². The summed E-state index contributed by atoms with van der Waals surface area (Å²) in [5, 5.41) is 0.00252. The molecule has 0 saturated carbocycles. The molecule has 0 unspecified atom stereocenters. The van der Waals surface area contributed by atoms with Gasteiger partial charge in [-0.1, -0.05) is 24.3 Å². The molecule has 0 fully saturated rings. The molecule has 152 valence electrons. The summed E-state index contributed by atoms with van der Waals surface area (Å²) >= 11 is 3.29. The van der Waals surface area contributed by atoms with Crippen molar-refractivity contribution in [2.45, 2.75) is 18.1 Å². The standard InChI is InChI=1S/C21H21BrN2O4S/c1-27-19-8-3-16(4-9-19)14-24(15-17-5-10-20(28-2)11-6-17)29(25,26)21-12-7-18(22)13-23-21/h3-13H,14-15H2,1-2H3. The molecule has 0 bridgehead atoms. The van der Waals surface area contributed by atoms with E-state index in [0.29, 0.717) is 16.0 Å². The molecule has 1 aromatic heterocycles. The smallest absolute Gasteiger partial charge is 0.261 e. The maximum Gasteiger partial charge on any atom is 0.261 e. The van der Waals surface area contributed by atoms with Crippen LogP contribution in [0.15, 0.2) is 76.4 Å². The van der Waals surface area contributed by atoms with Crippen molar-refractivity contribution >= 4 is 26.0 Å². The van der Waals surface area contributed by atoms with Crippen molar-refractivity contribution in [3.8, 4) is 11.5 Å². The number of rotatable bonds is 8. The van der Waals surface area contributed by atoms with E-state index in [1.165, 1.54) is 16.6 Å². The van der Waals surface area contributed by atoms with Crippen LogP contribution in [0.25, 0.3) is 0 Å². The normalized spacial score (nSPS) is 11.4. The largest absolute Gasteiger partial charge is 0.497 e. The van der Waals surface area contributed by atoms with E-state index in [2.05, 4.69) is 20.9 Å². The predicted molar refractivity (Wildman–Crippen MR) is 114 cm³/mol. The minimum Gasteiger partial charge on any atom is -0.497 e. The number of halogens is 1. The predicted octanol–water partition coefficient (Wildman–Crippen LogP) is 4.25. The Balaban J connectivity index is 1.93. The van der Waals surface area contributed by atoms with E-state index in [9.17, 15) is 8.42 Å². The van der Waals surface area contributed by atoms with Crippen molar-refractivity contribution in [3.63, 3.8) is 0 Å². The number of hydrogen-bond acceptors (Lipinski definition) is 5. The third kappa shape index (κ3) is 5.35. The average Bonchev–Trinajstić information content (AvgIpc) is 2.74. The highest BCUT2D eigenvalue weighted by Gasteiger charge is 2.26. The fraction of sp³-hybridized carbons (Fsp3) is 0.190. The quantitative estimate of drug-likeness (QED) is 0.485. The third-order valence-corrected chi connectivity index (χ3v) is 6.52. The summed E-state index contributed by atoms with van der Waals surface area (Å²) in [4.78, 5) is 4.09. The molecule has 0 saturated heterocycles. The van der Waals surface area contributed by atoms with Gasteiger partial charge in [-0.3, -0.25) is 0 Å². The molecule has 0 aliphatic carbocycles. The van der Waals surface area contributed by atoms with Gasteiger partial charge in [-0.25, -0.2) is 13.4 Å². The maximum atomic E-state index is 13.3. The van der Waals surface area contributed by atoms with Crippen molar-refractivity contribution in [1.82, 2.24) is 9.29 Å². The van der Waals surface area contributed by atoms with Crippen molar-refractivity contribution in [2.24, 2.45) is 0 Å². The lowest BCUT2D eigenvalue weighted by molar-refractivity contribution is 0.396. The Hall–Kier alpha value is -2.42. The summed E-state index contributed by atoms with van der Waals surface area (Å²) in [6.07, 6.45) is 1.48. The lowest BCUT2D eigenvalue weighted by atomic mass is 10.2. The number of benzene rings is 2. The first kappa shape index (κ1) is 21.3. The van der Waals surface area contributed by atoms with Gasteiger partial charge in [0.1, 0.15) is 11.5 Å². The van der Waals surface area contributed by atoms with Gasteiger partial charge < -0.3 is 9.47 Å². The van der Waals surface area contributed by atoms with E-state index >= 15 is 0 Å². The molecular weight excluding hydrogens is 456 g/mol. The zero-order valence-electron chi connectivity index (χ0n) is 16.1. The fourth-order valence-corrected chi connectivity index (χ4v) is 4.31. The zero-order chi connectivity index (χ0) is 20.9. The van der Waals surface area contributed by atoms with E-state index in [4.69, 9.17) is 9.47 Å². The molecule has 0 spiro atoms. The molecule has 1 heterocycles. The van der Waals surface area contributed by atoms with Gasteiger partial charge in [0.2, 0.25) is 0 Å². The molecular formula is C21H21BrN2O4S. The summed E-state index contributed by atoms with van der Waals surface area (Å²) in [5.74, 6) is 1.43. The Morgan fingerprint density at radius 2 is 1.31 bits per heavy atom. The van der Waals surface area contributed by atoms with Crippen molar-refractivity contribution in [1.29, 1.82) is 0 Å². The number of hydrogen-bond donors (Lipinski definition) is 0. The van der Waals surface area contributed by atoms with Crippen molar-refractivity contribution in [3.05, 3.63) is 82.5 Å². The van der Waals surface area contributed by atoms with Gasteiger partial charge >= 0.3 is 0 Å². The monoisotopic (exact) mass is 476 g/mol. The summed E-state index contributed by atoms with van der Waals surface area (Å²) < 4.78 is 39.1. The Bertz CT molecular complexity index is 988.